The number of hydrazine groups is 1. The third kappa shape index (κ3) is 5.22. The molecule has 2 aromatic carbocycles. The van der Waals surface area contributed by atoms with Gasteiger partial charge in [0.15, 0.2) is 6.61 Å². The fourth-order valence-electron chi connectivity index (χ4n) is 3.16. The fourth-order valence-corrected chi connectivity index (χ4v) is 3.16. The summed E-state index contributed by atoms with van der Waals surface area (Å²) in [6, 6.07) is 14.2. The molecular formula is C22H23N3O5. The second kappa shape index (κ2) is 9.21. The van der Waals surface area contributed by atoms with Crippen LogP contribution in [0.5, 0.6) is 0 Å². The lowest BCUT2D eigenvalue weighted by atomic mass is 10.1. The number of anilines is 1. The maximum Gasteiger partial charge on any atom is 0.311 e. The summed E-state index contributed by atoms with van der Waals surface area (Å²) in [7, 11) is 0. The van der Waals surface area contributed by atoms with Crippen molar-refractivity contribution in [2.24, 2.45) is 5.92 Å². The molecule has 1 aliphatic heterocycles. The first-order valence-electron chi connectivity index (χ1n) is 9.53. The Bertz CT molecular complexity index is 988. The Morgan fingerprint density at radius 1 is 1.10 bits per heavy atom. The number of ether oxygens (including phenoxy) is 1. The number of nitrogens with one attached hydrogen (secondary N) is 2. The lowest BCUT2D eigenvalue weighted by molar-refractivity contribution is -0.151. The number of rotatable bonds is 6. The fraction of sp³-hybridized carbons (Fsp3) is 0.273. The van der Waals surface area contributed by atoms with E-state index in [0.717, 1.165) is 16.1 Å². The van der Waals surface area contributed by atoms with Crippen LogP contribution in [0.25, 0.3) is 0 Å². The number of carbonyl (C=O) groups is 4. The average molecular weight is 409 g/mol. The number of amides is 3. The zero-order valence-electron chi connectivity index (χ0n) is 16.8. The third-order valence-corrected chi connectivity index (χ3v) is 4.73. The van der Waals surface area contributed by atoms with E-state index in [1.54, 1.807) is 43.3 Å². The van der Waals surface area contributed by atoms with Gasteiger partial charge in [-0.15, -0.1) is 0 Å². The molecule has 3 rings (SSSR count). The first kappa shape index (κ1) is 21.0. The van der Waals surface area contributed by atoms with Crippen LogP contribution in [-0.4, -0.2) is 41.9 Å². The van der Waals surface area contributed by atoms with Crippen molar-refractivity contribution in [2.75, 3.05) is 18.5 Å². The van der Waals surface area contributed by atoms with Crippen LogP contribution < -0.4 is 10.7 Å². The van der Waals surface area contributed by atoms with Crippen molar-refractivity contribution in [3.8, 4) is 0 Å². The largest absolute Gasteiger partial charge is 0.455 e. The van der Waals surface area contributed by atoms with Crippen molar-refractivity contribution in [2.45, 2.75) is 20.3 Å². The number of carbonyl (C=O) groups excluding carboxylic acids is 4. The van der Waals surface area contributed by atoms with E-state index >= 15 is 0 Å². The minimum atomic E-state index is -0.749. The highest BCUT2D eigenvalue weighted by Crippen LogP contribution is 2.18. The minimum Gasteiger partial charge on any atom is -0.455 e. The van der Waals surface area contributed by atoms with Crippen LogP contribution in [-0.2, 0) is 19.1 Å². The van der Waals surface area contributed by atoms with Crippen molar-refractivity contribution in [1.29, 1.82) is 0 Å². The summed E-state index contributed by atoms with van der Waals surface area (Å²) in [5.41, 5.74) is 5.35. The van der Waals surface area contributed by atoms with E-state index in [-0.39, 0.29) is 18.9 Å². The number of nitrogens with zero attached hydrogens (tertiary/aromatic N) is 1. The average Bonchev–Trinajstić information content (AvgIpc) is 3.07. The highest BCUT2D eigenvalue weighted by atomic mass is 16.5. The van der Waals surface area contributed by atoms with Gasteiger partial charge in [0.1, 0.15) is 0 Å². The van der Waals surface area contributed by atoms with Crippen LogP contribution >= 0.6 is 0 Å². The normalized spacial score (nSPS) is 15.6. The van der Waals surface area contributed by atoms with E-state index in [0.29, 0.717) is 11.3 Å². The molecular weight excluding hydrogens is 386 g/mol. The molecule has 8 heteroatoms. The van der Waals surface area contributed by atoms with Gasteiger partial charge in [-0.2, -0.15) is 0 Å². The van der Waals surface area contributed by atoms with Gasteiger partial charge in [0.25, 0.3) is 11.8 Å². The number of hydrogen-bond acceptors (Lipinski definition) is 5. The Morgan fingerprint density at radius 2 is 1.87 bits per heavy atom. The second-order valence-electron chi connectivity index (χ2n) is 7.19. The Morgan fingerprint density at radius 3 is 2.60 bits per heavy atom. The second-order valence-corrected chi connectivity index (χ2v) is 7.19. The van der Waals surface area contributed by atoms with Gasteiger partial charge in [0.2, 0.25) is 5.91 Å². The molecule has 0 radical (unpaired) electrons. The zero-order chi connectivity index (χ0) is 21.7. The molecule has 0 unspecified atom stereocenters. The summed E-state index contributed by atoms with van der Waals surface area (Å²) >= 11 is 0. The van der Waals surface area contributed by atoms with Crippen LogP contribution in [0.3, 0.4) is 0 Å². The van der Waals surface area contributed by atoms with Crippen LogP contribution in [0, 0.1) is 19.8 Å². The summed E-state index contributed by atoms with van der Waals surface area (Å²) in [4.78, 5) is 48.8. The molecule has 0 saturated carbocycles. The summed E-state index contributed by atoms with van der Waals surface area (Å²) in [5.74, 6) is -2.68. The molecule has 0 spiro atoms. The smallest absolute Gasteiger partial charge is 0.311 e. The molecule has 1 aliphatic rings. The van der Waals surface area contributed by atoms with Gasteiger partial charge < -0.3 is 10.1 Å². The SMILES string of the molecule is Cc1cccc(NC(=O)COC(=O)[C@H]2CC(=O)N(NC(=O)c3ccccc3C)C2)c1. The zero-order valence-corrected chi connectivity index (χ0v) is 16.8. The molecule has 0 aliphatic carbocycles. The van der Waals surface area contributed by atoms with E-state index in [1.165, 1.54) is 0 Å². The van der Waals surface area contributed by atoms with E-state index in [4.69, 9.17) is 4.74 Å². The Kier molecular flexibility index (Phi) is 6.46. The van der Waals surface area contributed by atoms with Crippen molar-refractivity contribution in [1.82, 2.24) is 10.4 Å². The molecule has 1 atom stereocenters. The minimum absolute atomic E-state index is 0.00517. The van der Waals surface area contributed by atoms with Crippen molar-refractivity contribution >= 4 is 29.4 Å². The van der Waals surface area contributed by atoms with Gasteiger partial charge in [-0.25, -0.2) is 0 Å². The number of aryl methyl sites for hydroxylation is 2. The molecule has 0 aromatic heterocycles. The molecule has 0 bridgehead atoms. The first-order valence-corrected chi connectivity index (χ1v) is 9.53. The van der Waals surface area contributed by atoms with Gasteiger partial charge in [0.05, 0.1) is 12.5 Å². The Hall–Kier alpha value is -3.68. The summed E-state index contributed by atoms with van der Waals surface area (Å²) in [5, 5.41) is 3.76. The molecule has 1 fully saturated rings. The van der Waals surface area contributed by atoms with Crippen LogP contribution in [0.1, 0.15) is 27.9 Å². The molecule has 2 aromatic rings. The van der Waals surface area contributed by atoms with Gasteiger partial charge >= 0.3 is 5.97 Å². The first-order chi connectivity index (χ1) is 14.3. The van der Waals surface area contributed by atoms with Crippen LogP contribution in [0.4, 0.5) is 5.69 Å². The van der Waals surface area contributed by atoms with E-state index in [1.807, 2.05) is 19.1 Å². The number of esters is 1. The highest BCUT2D eigenvalue weighted by molar-refractivity contribution is 5.98. The van der Waals surface area contributed by atoms with E-state index in [9.17, 15) is 19.2 Å². The monoisotopic (exact) mass is 409 g/mol. The van der Waals surface area contributed by atoms with Gasteiger partial charge in [-0.1, -0.05) is 30.3 Å². The number of benzene rings is 2. The lowest BCUT2D eigenvalue weighted by Gasteiger charge is -2.18. The topological polar surface area (TPSA) is 105 Å². The highest BCUT2D eigenvalue weighted by Gasteiger charge is 2.36. The van der Waals surface area contributed by atoms with Gasteiger partial charge in [-0.3, -0.25) is 29.6 Å². The maximum absolute atomic E-state index is 12.4. The van der Waals surface area contributed by atoms with E-state index in [2.05, 4.69) is 10.7 Å². The lowest BCUT2D eigenvalue weighted by Crippen LogP contribution is -2.43. The molecule has 156 valence electrons. The predicted octanol–water partition coefficient (Wildman–Crippen LogP) is 1.98. The molecule has 30 heavy (non-hydrogen) atoms. The van der Waals surface area contributed by atoms with Crippen molar-refractivity contribution in [3.63, 3.8) is 0 Å². The maximum atomic E-state index is 12.4. The Labute approximate surface area is 174 Å². The van der Waals surface area contributed by atoms with Crippen molar-refractivity contribution < 1.29 is 23.9 Å². The summed E-state index contributed by atoms with van der Waals surface area (Å²) in [6.07, 6.45) is -0.0909. The van der Waals surface area contributed by atoms with E-state index < -0.39 is 30.3 Å². The quantitative estimate of drug-likeness (QED) is 0.710. The third-order valence-electron chi connectivity index (χ3n) is 4.73. The molecule has 3 amide bonds. The molecule has 8 nitrogen and oxygen atoms in total. The standard InChI is InChI=1S/C22H23N3O5/c1-14-6-5-8-17(10-14)23-19(26)13-30-22(29)16-11-20(27)25(12-16)24-21(28)18-9-4-3-7-15(18)2/h3-10,16H,11-13H2,1-2H3,(H,23,26)(H,24,28)/t16-/m0/s1. The van der Waals surface area contributed by atoms with Crippen LogP contribution in [0.2, 0.25) is 0 Å². The van der Waals surface area contributed by atoms with Gasteiger partial charge in [0, 0.05) is 17.7 Å². The summed E-state index contributed by atoms with van der Waals surface area (Å²) < 4.78 is 5.05. The molecule has 1 heterocycles. The summed E-state index contributed by atoms with van der Waals surface area (Å²) in [6.45, 7) is 3.24. The molecule has 1 saturated heterocycles. The van der Waals surface area contributed by atoms with Crippen LogP contribution in [0.15, 0.2) is 48.5 Å². The van der Waals surface area contributed by atoms with Gasteiger partial charge in [-0.05, 0) is 43.2 Å². The molecule has 2 N–H and O–H groups in total. The predicted molar refractivity (Wildman–Crippen MR) is 109 cm³/mol. The number of hydrogen-bond donors (Lipinski definition) is 2. The Balaban J connectivity index is 1.49. The van der Waals surface area contributed by atoms with Crippen molar-refractivity contribution in [3.05, 3.63) is 65.2 Å².